The van der Waals surface area contributed by atoms with Crippen molar-refractivity contribution in [1.29, 1.82) is 0 Å². The van der Waals surface area contributed by atoms with Crippen LogP contribution >= 0.6 is 0 Å². The lowest BCUT2D eigenvalue weighted by Crippen LogP contribution is -2.54. The fourth-order valence-electron chi connectivity index (χ4n) is 4.55. The third kappa shape index (κ3) is 3.09. The summed E-state index contributed by atoms with van der Waals surface area (Å²) < 4.78 is 1.31. The van der Waals surface area contributed by atoms with E-state index in [2.05, 4.69) is 37.4 Å². The van der Waals surface area contributed by atoms with E-state index in [0.717, 1.165) is 0 Å². The van der Waals surface area contributed by atoms with E-state index >= 15 is 0 Å². The topological polar surface area (TPSA) is 0 Å². The zero-order valence-electron chi connectivity index (χ0n) is 12.4. The van der Waals surface area contributed by atoms with Crippen LogP contribution < -0.4 is 0 Å². The van der Waals surface area contributed by atoms with E-state index in [1.54, 1.807) is 5.56 Å². The lowest BCUT2D eigenvalue weighted by molar-refractivity contribution is -0.918. The Labute approximate surface area is 125 Å². The summed E-state index contributed by atoms with van der Waals surface area (Å²) in [7, 11) is 2.50. The molecule has 1 aromatic carbocycles. The van der Waals surface area contributed by atoms with Gasteiger partial charge in [0.15, 0.2) is 0 Å². The van der Waals surface area contributed by atoms with Crippen molar-refractivity contribution >= 4 is 0 Å². The largest absolute Gasteiger partial charge is 0.325 e. The van der Waals surface area contributed by atoms with Crippen LogP contribution in [0.4, 0.5) is 0 Å². The fourth-order valence-corrected chi connectivity index (χ4v) is 4.55. The Morgan fingerprint density at radius 3 is 2.10 bits per heavy atom. The molecule has 1 heteroatoms. The lowest BCUT2D eigenvalue weighted by atomic mass is 9.77. The van der Waals surface area contributed by atoms with E-state index in [0.29, 0.717) is 5.41 Å². The van der Waals surface area contributed by atoms with Gasteiger partial charge in [0.1, 0.15) is 0 Å². The molecule has 1 aromatic rings. The number of quaternary nitrogens is 1. The highest BCUT2D eigenvalue weighted by atomic mass is 15.3. The van der Waals surface area contributed by atoms with Crippen LogP contribution in [0.15, 0.2) is 30.3 Å². The quantitative estimate of drug-likeness (QED) is 0.697. The molecule has 1 aliphatic heterocycles. The molecule has 0 spiro atoms. The number of likely N-dealkylation sites (N-methyl/N-ethyl adjacent to an activating group) is 1. The van der Waals surface area contributed by atoms with Crippen LogP contribution in [0.2, 0.25) is 0 Å². The summed E-state index contributed by atoms with van der Waals surface area (Å²) in [6.45, 7) is 4.17. The van der Waals surface area contributed by atoms with Crippen LogP contribution in [-0.4, -0.2) is 31.2 Å². The number of rotatable bonds is 3. The molecule has 1 saturated carbocycles. The SMILES string of the molecule is C.C[N+]1(CC2(c3ccccc3)CCCC2)CCCCC1. The Morgan fingerprint density at radius 1 is 0.900 bits per heavy atom. The Hall–Kier alpha value is -0.820. The van der Waals surface area contributed by atoms with Gasteiger partial charge in [0.05, 0.1) is 26.7 Å². The lowest BCUT2D eigenvalue weighted by Gasteiger charge is -2.44. The molecule has 0 N–H and O–H groups in total. The summed E-state index contributed by atoms with van der Waals surface area (Å²) in [6, 6.07) is 11.4. The average Bonchev–Trinajstić information content (AvgIpc) is 2.90. The maximum absolute atomic E-state index is 2.50. The predicted molar refractivity (Wildman–Crippen MR) is 88.0 cm³/mol. The normalized spacial score (nSPS) is 24.1. The zero-order chi connectivity index (χ0) is 13.2. The molecule has 1 saturated heterocycles. The minimum absolute atomic E-state index is 0. The van der Waals surface area contributed by atoms with Crippen LogP contribution in [0.1, 0.15) is 57.9 Å². The fraction of sp³-hybridized carbons (Fsp3) is 0.684. The summed E-state index contributed by atoms with van der Waals surface area (Å²) in [5, 5.41) is 0. The number of nitrogens with zero attached hydrogens (tertiary/aromatic N) is 1. The molecule has 0 atom stereocenters. The number of hydrogen-bond donors (Lipinski definition) is 0. The van der Waals surface area contributed by atoms with Crippen molar-refractivity contribution < 1.29 is 4.48 Å². The van der Waals surface area contributed by atoms with Crippen molar-refractivity contribution in [2.24, 2.45) is 0 Å². The van der Waals surface area contributed by atoms with Crippen LogP contribution in [0.25, 0.3) is 0 Å². The van der Waals surface area contributed by atoms with Crippen molar-refractivity contribution in [3.8, 4) is 0 Å². The summed E-state index contributed by atoms with van der Waals surface area (Å²) >= 11 is 0. The maximum atomic E-state index is 2.50. The second-order valence-electron chi connectivity index (χ2n) is 7.14. The molecule has 0 radical (unpaired) electrons. The third-order valence-electron chi connectivity index (χ3n) is 5.53. The van der Waals surface area contributed by atoms with Crippen LogP contribution in [0.3, 0.4) is 0 Å². The Kier molecular flexibility index (Phi) is 4.90. The van der Waals surface area contributed by atoms with Crippen LogP contribution in [0.5, 0.6) is 0 Å². The first-order valence-electron chi connectivity index (χ1n) is 8.12. The molecule has 2 aliphatic rings. The molecule has 0 aromatic heterocycles. The second kappa shape index (κ2) is 6.30. The van der Waals surface area contributed by atoms with Gasteiger partial charge in [0, 0.05) is 5.41 Å². The van der Waals surface area contributed by atoms with Gasteiger partial charge in [-0.1, -0.05) is 50.6 Å². The van der Waals surface area contributed by atoms with Gasteiger partial charge in [0.2, 0.25) is 0 Å². The van der Waals surface area contributed by atoms with Gasteiger partial charge in [-0.2, -0.15) is 0 Å². The first-order chi connectivity index (χ1) is 9.23. The summed E-state index contributed by atoms with van der Waals surface area (Å²) in [5.41, 5.74) is 2.09. The van der Waals surface area contributed by atoms with Crippen LogP contribution in [0, 0.1) is 0 Å². The molecule has 1 aliphatic carbocycles. The number of likely N-dealkylation sites (tertiary alicyclic amines) is 1. The standard InChI is InChI=1S/C18H28N.CH4/c1-19(14-8-3-9-15-19)16-18(12-6-7-13-18)17-10-4-2-5-11-17;/h2,4-5,10-11H,3,6-9,12-16H2,1H3;1H4/q+1;. The molecular formula is C19H32N+. The highest BCUT2D eigenvalue weighted by molar-refractivity contribution is 5.26. The van der Waals surface area contributed by atoms with E-state index in [9.17, 15) is 0 Å². The van der Waals surface area contributed by atoms with E-state index in [4.69, 9.17) is 0 Å². The zero-order valence-corrected chi connectivity index (χ0v) is 12.4. The molecule has 1 nitrogen and oxygen atoms in total. The van der Waals surface area contributed by atoms with Gasteiger partial charge in [0.25, 0.3) is 0 Å². The number of benzene rings is 1. The van der Waals surface area contributed by atoms with Gasteiger partial charge in [-0.25, -0.2) is 0 Å². The van der Waals surface area contributed by atoms with E-state index in [-0.39, 0.29) is 7.43 Å². The first kappa shape index (κ1) is 15.6. The average molecular weight is 274 g/mol. The molecular weight excluding hydrogens is 242 g/mol. The number of hydrogen-bond acceptors (Lipinski definition) is 0. The molecule has 1 heterocycles. The van der Waals surface area contributed by atoms with Crippen molar-refractivity contribution in [3.05, 3.63) is 35.9 Å². The highest BCUT2D eigenvalue weighted by Gasteiger charge is 2.42. The first-order valence-corrected chi connectivity index (χ1v) is 8.12. The Bertz CT molecular complexity index is 397. The molecule has 0 bridgehead atoms. The molecule has 3 rings (SSSR count). The Morgan fingerprint density at radius 2 is 1.50 bits per heavy atom. The van der Waals surface area contributed by atoms with Gasteiger partial charge >= 0.3 is 0 Å². The molecule has 0 unspecified atom stereocenters. The maximum Gasteiger partial charge on any atom is 0.0882 e. The third-order valence-corrected chi connectivity index (χ3v) is 5.53. The van der Waals surface area contributed by atoms with Gasteiger partial charge in [-0.15, -0.1) is 0 Å². The van der Waals surface area contributed by atoms with Gasteiger partial charge in [-0.05, 0) is 37.7 Å². The van der Waals surface area contributed by atoms with Crippen LogP contribution in [-0.2, 0) is 5.41 Å². The van der Waals surface area contributed by atoms with Crippen molar-refractivity contribution in [2.45, 2.75) is 57.8 Å². The highest BCUT2D eigenvalue weighted by Crippen LogP contribution is 2.43. The molecule has 0 amide bonds. The van der Waals surface area contributed by atoms with Crippen molar-refractivity contribution in [1.82, 2.24) is 0 Å². The van der Waals surface area contributed by atoms with Crippen molar-refractivity contribution in [2.75, 3.05) is 26.7 Å². The van der Waals surface area contributed by atoms with E-state index in [1.165, 1.54) is 69.1 Å². The van der Waals surface area contributed by atoms with Crippen molar-refractivity contribution in [3.63, 3.8) is 0 Å². The molecule has 20 heavy (non-hydrogen) atoms. The Balaban J connectivity index is 0.00000147. The van der Waals surface area contributed by atoms with E-state index in [1.807, 2.05) is 0 Å². The molecule has 112 valence electrons. The summed E-state index contributed by atoms with van der Waals surface area (Å²) in [4.78, 5) is 0. The smallest absolute Gasteiger partial charge is 0.0882 e. The predicted octanol–water partition coefficient (Wildman–Crippen LogP) is 4.77. The second-order valence-corrected chi connectivity index (χ2v) is 7.14. The molecule has 2 fully saturated rings. The minimum atomic E-state index is 0. The van der Waals surface area contributed by atoms with Gasteiger partial charge in [-0.3, -0.25) is 0 Å². The van der Waals surface area contributed by atoms with E-state index < -0.39 is 0 Å². The van der Waals surface area contributed by atoms with Gasteiger partial charge < -0.3 is 4.48 Å². The summed E-state index contributed by atoms with van der Waals surface area (Å²) in [6.07, 6.45) is 9.98. The monoisotopic (exact) mass is 274 g/mol. The summed E-state index contributed by atoms with van der Waals surface area (Å²) in [5.74, 6) is 0. The number of piperidine rings is 1. The minimum Gasteiger partial charge on any atom is -0.325 e.